The molecule has 1 aromatic rings. The molecule has 1 rings (SSSR count). The van der Waals surface area contributed by atoms with Gasteiger partial charge in [-0.2, -0.15) is 0 Å². The highest BCUT2D eigenvalue weighted by Crippen LogP contribution is 2.25. The Morgan fingerprint density at radius 3 is 2.94 bits per heavy atom. The van der Waals surface area contributed by atoms with Gasteiger partial charge in [-0.3, -0.25) is 4.79 Å². The second kappa shape index (κ2) is 7.66. The molecule has 0 aliphatic carbocycles. The van der Waals surface area contributed by atoms with Crippen LogP contribution in [-0.2, 0) is 9.53 Å². The van der Waals surface area contributed by atoms with Crippen LogP contribution in [0, 0.1) is 0 Å². The van der Waals surface area contributed by atoms with Crippen LogP contribution in [0.5, 0.6) is 0 Å². The van der Waals surface area contributed by atoms with Crippen LogP contribution < -0.4 is 10.6 Å². The number of anilines is 1. The Morgan fingerprint density at radius 1 is 1.53 bits per heavy atom. The minimum absolute atomic E-state index is 0.107. The van der Waals surface area contributed by atoms with E-state index in [1.54, 1.807) is 25.3 Å². The topological polar surface area (TPSA) is 50.4 Å². The van der Waals surface area contributed by atoms with Crippen molar-refractivity contribution in [2.45, 2.75) is 0 Å². The highest BCUT2D eigenvalue weighted by molar-refractivity contribution is 9.10. The van der Waals surface area contributed by atoms with Crippen molar-refractivity contribution < 1.29 is 9.53 Å². The Hall–Kier alpha value is -0.620. The Balaban J connectivity index is 2.40. The summed E-state index contributed by atoms with van der Waals surface area (Å²) in [7, 11) is 1.62. The molecule has 0 spiro atoms. The van der Waals surface area contributed by atoms with Crippen LogP contribution in [-0.4, -0.2) is 32.7 Å². The number of hydrogen-bond donors (Lipinski definition) is 2. The van der Waals surface area contributed by atoms with Gasteiger partial charge in [0, 0.05) is 23.1 Å². The summed E-state index contributed by atoms with van der Waals surface area (Å²) in [4.78, 5) is 11.5. The molecule has 0 unspecified atom stereocenters. The Morgan fingerprint density at radius 2 is 2.29 bits per heavy atom. The third-order valence-electron chi connectivity index (χ3n) is 1.97. The van der Waals surface area contributed by atoms with Gasteiger partial charge in [-0.05, 0) is 34.1 Å². The zero-order chi connectivity index (χ0) is 12.7. The summed E-state index contributed by atoms with van der Waals surface area (Å²) in [5.41, 5.74) is 0.702. The molecule has 0 fully saturated rings. The first kappa shape index (κ1) is 14.4. The predicted molar refractivity (Wildman–Crippen MR) is 72.5 cm³/mol. The maximum atomic E-state index is 11.5. The second-order valence-corrected chi connectivity index (χ2v) is 4.63. The fraction of sp³-hybridized carbons (Fsp3) is 0.364. The summed E-state index contributed by atoms with van der Waals surface area (Å²) in [6.07, 6.45) is 0. The van der Waals surface area contributed by atoms with Crippen LogP contribution >= 0.6 is 27.5 Å². The lowest BCUT2D eigenvalue weighted by Gasteiger charge is -2.08. The molecule has 2 N–H and O–H groups in total. The van der Waals surface area contributed by atoms with Crippen molar-refractivity contribution in [1.82, 2.24) is 5.32 Å². The van der Waals surface area contributed by atoms with Crippen LogP contribution in [0.2, 0.25) is 5.02 Å². The van der Waals surface area contributed by atoms with Crippen molar-refractivity contribution in [2.75, 3.05) is 32.1 Å². The van der Waals surface area contributed by atoms with E-state index in [1.807, 2.05) is 0 Å². The van der Waals surface area contributed by atoms with Gasteiger partial charge in [0.25, 0.3) is 0 Å². The van der Waals surface area contributed by atoms with E-state index in [0.717, 1.165) is 4.47 Å². The lowest BCUT2D eigenvalue weighted by atomic mass is 10.3. The zero-order valence-electron chi connectivity index (χ0n) is 9.43. The van der Waals surface area contributed by atoms with Crippen molar-refractivity contribution in [3.05, 3.63) is 27.7 Å². The van der Waals surface area contributed by atoms with Gasteiger partial charge >= 0.3 is 0 Å². The monoisotopic (exact) mass is 320 g/mol. The molecule has 4 nitrogen and oxygen atoms in total. The molecule has 0 bridgehead atoms. The number of amides is 1. The number of halogens is 2. The minimum Gasteiger partial charge on any atom is -0.383 e. The van der Waals surface area contributed by atoms with E-state index < -0.39 is 0 Å². The van der Waals surface area contributed by atoms with Crippen molar-refractivity contribution >= 4 is 39.1 Å². The number of ether oxygens (including phenoxy) is 1. The summed E-state index contributed by atoms with van der Waals surface area (Å²) < 4.78 is 5.62. The average Bonchev–Trinajstić information content (AvgIpc) is 2.28. The number of hydrogen-bond acceptors (Lipinski definition) is 3. The molecule has 0 heterocycles. The summed E-state index contributed by atoms with van der Waals surface area (Å²) in [6.45, 7) is 1.47. The number of carbonyl (C=O) groups is 1. The summed E-state index contributed by atoms with van der Waals surface area (Å²) in [5.74, 6) is -0.107. The number of benzene rings is 1. The second-order valence-electron chi connectivity index (χ2n) is 3.34. The maximum Gasteiger partial charge on any atom is 0.238 e. The lowest BCUT2D eigenvalue weighted by molar-refractivity contribution is -0.115. The molecule has 1 amide bonds. The zero-order valence-corrected chi connectivity index (χ0v) is 11.8. The first-order valence-electron chi connectivity index (χ1n) is 5.08. The lowest BCUT2D eigenvalue weighted by Crippen LogP contribution is -2.30. The van der Waals surface area contributed by atoms with Crippen LogP contribution in [0.25, 0.3) is 0 Å². The molecule has 0 aliphatic rings. The smallest absolute Gasteiger partial charge is 0.238 e. The minimum atomic E-state index is -0.107. The maximum absolute atomic E-state index is 11.5. The fourth-order valence-corrected chi connectivity index (χ4v) is 1.94. The van der Waals surface area contributed by atoms with E-state index in [2.05, 4.69) is 26.6 Å². The summed E-state index contributed by atoms with van der Waals surface area (Å²) in [6, 6.07) is 5.20. The van der Waals surface area contributed by atoms with Gasteiger partial charge in [0.2, 0.25) is 5.91 Å². The molecule has 0 aromatic heterocycles. The van der Waals surface area contributed by atoms with E-state index in [1.165, 1.54) is 0 Å². The number of methoxy groups -OCH3 is 1. The third-order valence-corrected chi connectivity index (χ3v) is 2.86. The van der Waals surface area contributed by atoms with E-state index in [-0.39, 0.29) is 12.5 Å². The average molecular weight is 322 g/mol. The molecule has 0 saturated heterocycles. The number of nitrogens with one attached hydrogen (secondary N) is 2. The van der Waals surface area contributed by atoms with Crippen LogP contribution in [0.15, 0.2) is 22.7 Å². The van der Waals surface area contributed by atoms with E-state index in [4.69, 9.17) is 16.3 Å². The van der Waals surface area contributed by atoms with Crippen LogP contribution in [0.4, 0.5) is 5.69 Å². The molecule has 94 valence electrons. The highest BCUT2D eigenvalue weighted by Gasteiger charge is 2.05. The van der Waals surface area contributed by atoms with Gasteiger partial charge in [-0.25, -0.2) is 0 Å². The van der Waals surface area contributed by atoms with Crippen LogP contribution in [0.3, 0.4) is 0 Å². The highest BCUT2D eigenvalue weighted by atomic mass is 79.9. The van der Waals surface area contributed by atoms with E-state index in [0.29, 0.717) is 23.9 Å². The predicted octanol–water partition coefficient (Wildman–Crippen LogP) is 2.28. The van der Waals surface area contributed by atoms with Crippen molar-refractivity contribution in [3.8, 4) is 0 Å². The Labute approximate surface area is 114 Å². The van der Waals surface area contributed by atoms with E-state index in [9.17, 15) is 4.79 Å². The van der Waals surface area contributed by atoms with Crippen LogP contribution in [0.1, 0.15) is 0 Å². The summed E-state index contributed by atoms with van der Waals surface area (Å²) >= 11 is 9.13. The Bertz CT molecular complexity index is 388. The Kier molecular flexibility index (Phi) is 6.50. The SMILES string of the molecule is COCCNCC(=O)Nc1ccc(Cl)cc1Br. The third kappa shape index (κ3) is 5.50. The first-order valence-corrected chi connectivity index (χ1v) is 6.25. The molecule has 0 saturated carbocycles. The van der Waals surface area contributed by atoms with Crippen molar-refractivity contribution in [1.29, 1.82) is 0 Å². The molecular weight excluding hydrogens is 307 g/mol. The normalized spacial score (nSPS) is 10.3. The van der Waals surface area contributed by atoms with Crippen molar-refractivity contribution in [3.63, 3.8) is 0 Å². The molecule has 0 atom stereocenters. The molecule has 0 aliphatic heterocycles. The standard InChI is InChI=1S/C11H14BrClN2O2/c1-17-5-4-14-7-11(16)15-10-3-2-8(13)6-9(10)12/h2-3,6,14H,4-5,7H2,1H3,(H,15,16). The fourth-order valence-electron chi connectivity index (χ4n) is 1.16. The molecule has 1 aromatic carbocycles. The van der Waals surface area contributed by atoms with Crippen molar-refractivity contribution in [2.24, 2.45) is 0 Å². The molecule has 6 heteroatoms. The van der Waals surface area contributed by atoms with E-state index >= 15 is 0 Å². The summed E-state index contributed by atoms with van der Waals surface area (Å²) in [5, 5.41) is 6.34. The number of carbonyl (C=O) groups excluding carboxylic acids is 1. The van der Waals surface area contributed by atoms with Gasteiger partial charge in [-0.15, -0.1) is 0 Å². The molecular formula is C11H14BrClN2O2. The largest absolute Gasteiger partial charge is 0.383 e. The number of rotatable bonds is 6. The quantitative estimate of drug-likeness (QED) is 0.790. The molecule has 17 heavy (non-hydrogen) atoms. The first-order chi connectivity index (χ1) is 8.13. The van der Waals surface area contributed by atoms with Gasteiger partial charge in [-0.1, -0.05) is 11.6 Å². The molecule has 0 radical (unpaired) electrons. The van der Waals surface area contributed by atoms with Gasteiger partial charge in [0.05, 0.1) is 18.8 Å². The van der Waals surface area contributed by atoms with Gasteiger partial charge in [0.15, 0.2) is 0 Å². The van der Waals surface area contributed by atoms with Gasteiger partial charge in [0.1, 0.15) is 0 Å². The van der Waals surface area contributed by atoms with Gasteiger partial charge < -0.3 is 15.4 Å².